The molecule has 114 valence electrons. The minimum absolute atomic E-state index is 0. The Bertz CT molecular complexity index is 420. The summed E-state index contributed by atoms with van der Waals surface area (Å²) in [5, 5.41) is 5.15. The highest BCUT2D eigenvalue weighted by Gasteiger charge is 2.42. The van der Waals surface area contributed by atoms with Gasteiger partial charge < -0.3 is 5.32 Å². The average molecular weight is 328 g/mol. The van der Waals surface area contributed by atoms with E-state index in [4.69, 9.17) is 0 Å². The van der Waals surface area contributed by atoms with Crippen LogP contribution < -0.4 is 10.6 Å². The maximum atomic E-state index is 12.9. The van der Waals surface area contributed by atoms with Gasteiger partial charge in [0.15, 0.2) is 0 Å². The topological polar surface area (TPSA) is 54.0 Å². The quantitative estimate of drug-likeness (QED) is 0.882. The van der Waals surface area contributed by atoms with E-state index in [1.54, 1.807) is 6.20 Å². The molecule has 1 aromatic heterocycles. The van der Waals surface area contributed by atoms with E-state index in [2.05, 4.69) is 15.6 Å². The highest BCUT2D eigenvalue weighted by molar-refractivity contribution is 5.85. The number of nitrogens with zero attached hydrogens (tertiary/aromatic N) is 1. The molecule has 0 bridgehead atoms. The lowest BCUT2D eigenvalue weighted by Crippen LogP contribution is -2.41. The Morgan fingerprint density at radius 3 is 2.75 bits per heavy atom. The molecule has 0 spiro atoms. The summed E-state index contributed by atoms with van der Waals surface area (Å²) in [7, 11) is 0. The minimum atomic E-state index is -2.77. The zero-order chi connectivity index (χ0) is 13.0. The molecule has 2 N–H and O–H groups in total. The number of halogens is 4. The molecule has 20 heavy (non-hydrogen) atoms. The number of nitrogens with one attached hydrogen (secondary N) is 2. The van der Waals surface area contributed by atoms with Crippen molar-refractivity contribution in [2.24, 2.45) is 0 Å². The van der Waals surface area contributed by atoms with Crippen molar-refractivity contribution in [2.45, 2.75) is 24.8 Å². The number of rotatable bonds is 4. The molecule has 1 atom stereocenters. The smallest absolute Gasteiger partial charge is 0.262 e. The lowest BCUT2D eigenvalue weighted by atomic mass is 10.2. The van der Waals surface area contributed by atoms with Crippen LogP contribution in [0.5, 0.6) is 0 Å². The van der Waals surface area contributed by atoms with Crippen LogP contribution in [-0.2, 0) is 11.2 Å². The lowest BCUT2D eigenvalue weighted by Gasteiger charge is -2.10. The third-order valence-corrected chi connectivity index (χ3v) is 2.83. The Morgan fingerprint density at radius 1 is 1.45 bits per heavy atom. The first-order chi connectivity index (χ1) is 8.57. The summed E-state index contributed by atoms with van der Waals surface area (Å²) in [6.07, 6.45) is 1.84. The molecular weight excluding hydrogens is 311 g/mol. The fraction of sp³-hybridized carbons (Fsp3) is 0.500. The van der Waals surface area contributed by atoms with Gasteiger partial charge in [-0.2, -0.15) is 0 Å². The molecule has 0 saturated carbocycles. The second kappa shape index (κ2) is 8.34. The predicted octanol–water partition coefficient (Wildman–Crippen LogP) is 1.58. The summed E-state index contributed by atoms with van der Waals surface area (Å²) < 4.78 is 25.8. The Hall–Kier alpha value is -0.980. The number of hydrogen-bond donors (Lipinski definition) is 2. The van der Waals surface area contributed by atoms with Gasteiger partial charge in [-0.15, -0.1) is 24.8 Å². The van der Waals surface area contributed by atoms with Gasteiger partial charge >= 0.3 is 0 Å². The molecule has 1 saturated heterocycles. The van der Waals surface area contributed by atoms with Gasteiger partial charge in [-0.3, -0.25) is 15.1 Å². The van der Waals surface area contributed by atoms with E-state index < -0.39 is 24.9 Å². The molecule has 1 aliphatic rings. The van der Waals surface area contributed by atoms with E-state index in [-0.39, 0.29) is 30.7 Å². The van der Waals surface area contributed by atoms with Gasteiger partial charge in [-0.05, 0) is 12.1 Å². The van der Waals surface area contributed by atoms with Crippen LogP contribution in [0.3, 0.4) is 0 Å². The van der Waals surface area contributed by atoms with Crippen molar-refractivity contribution < 1.29 is 13.6 Å². The molecule has 1 amide bonds. The van der Waals surface area contributed by atoms with Crippen molar-refractivity contribution in [3.8, 4) is 0 Å². The van der Waals surface area contributed by atoms with Crippen molar-refractivity contribution in [3.05, 3.63) is 30.1 Å². The zero-order valence-corrected chi connectivity index (χ0v) is 12.3. The van der Waals surface area contributed by atoms with Gasteiger partial charge in [-0.25, -0.2) is 8.78 Å². The van der Waals surface area contributed by atoms with Crippen molar-refractivity contribution >= 4 is 30.7 Å². The fourth-order valence-corrected chi connectivity index (χ4v) is 1.88. The minimum Gasteiger partial charge on any atom is -0.354 e. The van der Waals surface area contributed by atoms with Crippen LogP contribution >= 0.6 is 24.8 Å². The fourth-order valence-electron chi connectivity index (χ4n) is 1.88. The average Bonchev–Trinajstić information content (AvgIpc) is 2.71. The molecule has 0 aromatic carbocycles. The molecule has 0 radical (unpaired) electrons. The number of carbonyl (C=O) groups excluding carboxylic acids is 1. The Morgan fingerprint density at radius 2 is 2.20 bits per heavy atom. The zero-order valence-electron chi connectivity index (χ0n) is 10.6. The maximum absolute atomic E-state index is 12.9. The van der Waals surface area contributed by atoms with Crippen molar-refractivity contribution in [2.75, 3.05) is 13.1 Å². The number of aromatic nitrogens is 1. The van der Waals surface area contributed by atoms with Gasteiger partial charge in [0.1, 0.15) is 0 Å². The molecule has 1 fully saturated rings. The standard InChI is InChI=1S/C12H15F2N3O.2ClH/c13-12(14)7-10(17-8-12)11(18)16-6-4-9-3-1-2-5-15-9;;/h1-3,5,10,17H,4,6-8H2,(H,16,18);2*1H. The monoisotopic (exact) mass is 327 g/mol. The third kappa shape index (κ3) is 5.56. The lowest BCUT2D eigenvalue weighted by molar-refractivity contribution is -0.123. The second-order valence-electron chi connectivity index (χ2n) is 4.36. The Kier molecular flexibility index (Phi) is 7.93. The largest absolute Gasteiger partial charge is 0.354 e. The van der Waals surface area contributed by atoms with Gasteiger partial charge in [-0.1, -0.05) is 6.07 Å². The number of hydrogen-bond acceptors (Lipinski definition) is 3. The summed E-state index contributed by atoms with van der Waals surface area (Å²) in [6.45, 7) is -0.0229. The van der Waals surface area contributed by atoms with Gasteiger partial charge in [0.2, 0.25) is 5.91 Å². The van der Waals surface area contributed by atoms with Gasteiger partial charge in [0.05, 0.1) is 12.6 Å². The molecule has 2 rings (SSSR count). The van der Waals surface area contributed by atoms with E-state index in [0.717, 1.165) is 5.69 Å². The molecule has 1 aromatic rings. The van der Waals surface area contributed by atoms with E-state index in [9.17, 15) is 13.6 Å². The van der Waals surface area contributed by atoms with Crippen molar-refractivity contribution in [1.82, 2.24) is 15.6 Å². The molecule has 1 unspecified atom stereocenters. The first-order valence-electron chi connectivity index (χ1n) is 5.86. The van der Waals surface area contributed by atoms with E-state index >= 15 is 0 Å². The molecule has 8 heteroatoms. The summed E-state index contributed by atoms with van der Waals surface area (Å²) in [5.74, 6) is -3.15. The van der Waals surface area contributed by atoms with Crippen LogP contribution in [-0.4, -0.2) is 35.9 Å². The summed E-state index contributed by atoms with van der Waals surface area (Å²) >= 11 is 0. The molecule has 0 aliphatic carbocycles. The van der Waals surface area contributed by atoms with Crippen LogP contribution in [0.15, 0.2) is 24.4 Å². The van der Waals surface area contributed by atoms with Crippen LogP contribution in [0, 0.1) is 0 Å². The Labute approximate surface area is 128 Å². The Balaban J connectivity index is 0.00000180. The highest BCUT2D eigenvalue weighted by Crippen LogP contribution is 2.24. The first kappa shape index (κ1) is 19.0. The van der Waals surface area contributed by atoms with Crippen LogP contribution in [0.4, 0.5) is 8.78 Å². The number of alkyl halides is 2. The number of pyridine rings is 1. The molecular formula is C12H17Cl2F2N3O. The SMILES string of the molecule is Cl.Cl.O=C(NCCc1ccccn1)C1CC(F)(F)CN1. The molecule has 1 aliphatic heterocycles. The predicted molar refractivity (Wildman–Crippen MR) is 76.8 cm³/mol. The number of amides is 1. The highest BCUT2D eigenvalue weighted by atomic mass is 35.5. The van der Waals surface area contributed by atoms with Crippen LogP contribution in [0.25, 0.3) is 0 Å². The normalized spacial score (nSPS) is 19.6. The third-order valence-electron chi connectivity index (χ3n) is 2.83. The van der Waals surface area contributed by atoms with Gasteiger partial charge in [0, 0.05) is 31.3 Å². The van der Waals surface area contributed by atoms with Gasteiger partial charge in [0.25, 0.3) is 5.92 Å². The molecule has 4 nitrogen and oxygen atoms in total. The summed E-state index contributed by atoms with van der Waals surface area (Å²) in [5.41, 5.74) is 0.863. The summed E-state index contributed by atoms with van der Waals surface area (Å²) in [4.78, 5) is 15.7. The van der Waals surface area contributed by atoms with E-state index in [1.807, 2.05) is 18.2 Å². The van der Waals surface area contributed by atoms with Crippen molar-refractivity contribution in [3.63, 3.8) is 0 Å². The second-order valence-corrected chi connectivity index (χ2v) is 4.36. The van der Waals surface area contributed by atoms with Crippen LogP contribution in [0.2, 0.25) is 0 Å². The van der Waals surface area contributed by atoms with E-state index in [0.29, 0.717) is 13.0 Å². The summed E-state index contributed by atoms with van der Waals surface area (Å²) in [6, 6.07) is 4.74. The molecule has 2 heterocycles. The first-order valence-corrected chi connectivity index (χ1v) is 5.86. The van der Waals surface area contributed by atoms with Crippen LogP contribution in [0.1, 0.15) is 12.1 Å². The maximum Gasteiger partial charge on any atom is 0.262 e. The van der Waals surface area contributed by atoms with E-state index in [1.165, 1.54) is 0 Å². The van der Waals surface area contributed by atoms with Crippen molar-refractivity contribution in [1.29, 1.82) is 0 Å². The number of carbonyl (C=O) groups is 1.